The van der Waals surface area contributed by atoms with Gasteiger partial charge in [0.15, 0.2) is 6.61 Å². The minimum atomic E-state index is -0.142. The number of nitrogens with zero attached hydrogens (tertiary/aromatic N) is 4. The first kappa shape index (κ1) is 19.8. The van der Waals surface area contributed by atoms with E-state index in [2.05, 4.69) is 26.2 Å². The topological polar surface area (TPSA) is 111 Å². The summed E-state index contributed by atoms with van der Waals surface area (Å²) >= 11 is 0. The monoisotopic (exact) mass is 386 g/mol. The first-order valence-corrected chi connectivity index (χ1v) is 9.57. The maximum absolute atomic E-state index is 12.2. The van der Waals surface area contributed by atoms with Gasteiger partial charge >= 0.3 is 0 Å². The van der Waals surface area contributed by atoms with Gasteiger partial charge in [-0.3, -0.25) is 9.59 Å². The number of carbonyl (C=O) groups is 2. The Morgan fingerprint density at radius 1 is 1.14 bits per heavy atom. The molecular weight excluding hydrogens is 360 g/mol. The molecule has 2 atom stereocenters. The molecule has 150 valence electrons. The molecule has 0 radical (unpaired) electrons. The summed E-state index contributed by atoms with van der Waals surface area (Å²) in [4.78, 5) is 24.3. The number of rotatable bonds is 8. The number of tetrazole rings is 1. The predicted molar refractivity (Wildman–Crippen MR) is 101 cm³/mol. The summed E-state index contributed by atoms with van der Waals surface area (Å²) in [6.07, 6.45) is 5.33. The number of carbonyl (C=O) groups excluding carboxylic acids is 2. The third-order valence-electron chi connectivity index (χ3n) is 4.75. The average molecular weight is 386 g/mol. The van der Waals surface area contributed by atoms with Crippen LogP contribution in [0.5, 0.6) is 5.75 Å². The molecule has 2 amide bonds. The summed E-state index contributed by atoms with van der Waals surface area (Å²) in [5.74, 6) is 0.503. The second-order valence-corrected chi connectivity index (χ2v) is 7.12. The van der Waals surface area contributed by atoms with Gasteiger partial charge in [-0.05, 0) is 55.2 Å². The summed E-state index contributed by atoms with van der Waals surface area (Å²) in [5.41, 5.74) is 1.14. The Balaban J connectivity index is 1.37. The maximum Gasteiger partial charge on any atom is 0.258 e. The number of hydrogen-bond acceptors (Lipinski definition) is 6. The molecule has 0 aliphatic heterocycles. The SMILES string of the molecule is Cc1ccc(OCC(=O)N[C@@H]2CCC[C@@H](NC(=O)CCn3cnnn3)C2)cc1. The van der Waals surface area contributed by atoms with Crippen molar-refractivity contribution in [1.82, 2.24) is 30.8 Å². The van der Waals surface area contributed by atoms with Gasteiger partial charge in [-0.15, -0.1) is 5.10 Å². The van der Waals surface area contributed by atoms with Crippen molar-refractivity contribution in [2.75, 3.05) is 6.61 Å². The van der Waals surface area contributed by atoms with E-state index in [1.807, 2.05) is 31.2 Å². The summed E-state index contributed by atoms with van der Waals surface area (Å²) in [5, 5.41) is 16.9. The Labute approximate surface area is 163 Å². The highest BCUT2D eigenvalue weighted by atomic mass is 16.5. The molecule has 1 saturated carbocycles. The van der Waals surface area contributed by atoms with Crippen molar-refractivity contribution in [2.24, 2.45) is 0 Å². The number of nitrogens with one attached hydrogen (secondary N) is 2. The van der Waals surface area contributed by atoms with Crippen LogP contribution in [-0.2, 0) is 16.1 Å². The van der Waals surface area contributed by atoms with Crippen molar-refractivity contribution in [3.63, 3.8) is 0 Å². The summed E-state index contributed by atoms with van der Waals surface area (Å²) in [6.45, 7) is 2.44. The van der Waals surface area contributed by atoms with Gasteiger partial charge in [0, 0.05) is 18.5 Å². The number of amides is 2. The Bertz CT molecular complexity index is 762. The quantitative estimate of drug-likeness (QED) is 0.700. The van der Waals surface area contributed by atoms with Gasteiger partial charge in [0.1, 0.15) is 12.1 Å². The van der Waals surface area contributed by atoms with Crippen LogP contribution in [0.2, 0.25) is 0 Å². The van der Waals surface area contributed by atoms with E-state index in [0.717, 1.165) is 31.2 Å². The highest BCUT2D eigenvalue weighted by Gasteiger charge is 2.24. The third kappa shape index (κ3) is 6.33. The van der Waals surface area contributed by atoms with E-state index in [-0.39, 0.29) is 30.5 Å². The molecule has 1 heterocycles. The van der Waals surface area contributed by atoms with Crippen molar-refractivity contribution in [3.05, 3.63) is 36.2 Å². The molecule has 1 aromatic heterocycles. The third-order valence-corrected chi connectivity index (χ3v) is 4.75. The Morgan fingerprint density at radius 3 is 2.54 bits per heavy atom. The number of ether oxygens (including phenoxy) is 1. The molecule has 0 saturated heterocycles. The van der Waals surface area contributed by atoms with Gasteiger partial charge in [0.25, 0.3) is 5.91 Å². The molecule has 0 spiro atoms. The van der Waals surface area contributed by atoms with E-state index in [0.29, 0.717) is 18.7 Å². The van der Waals surface area contributed by atoms with E-state index in [1.165, 1.54) is 11.0 Å². The first-order chi connectivity index (χ1) is 13.6. The minimum Gasteiger partial charge on any atom is -0.484 e. The molecular formula is C19H26N6O3. The zero-order chi connectivity index (χ0) is 19.8. The number of aromatic nitrogens is 4. The molecule has 9 nitrogen and oxygen atoms in total. The van der Waals surface area contributed by atoms with Crippen LogP contribution in [0.25, 0.3) is 0 Å². The molecule has 3 rings (SSSR count). The minimum absolute atomic E-state index is 0.0114. The van der Waals surface area contributed by atoms with E-state index in [1.54, 1.807) is 0 Å². The summed E-state index contributed by atoms with van der Waals surface area (Å²) in [7, 11) is 0. The lowest BCUT2D eigenvalue weighted by atomic mass is 9.91. The Hall–Kier alpha value is -2.97. The normalized spacial score (nSPS) is 19.0. The number of aryl methyl sites for hydroxylation is 2. The van der Waals surface area contributed by atoms with E-state index in [4.69, 9.17) is 4.74 Å². The van der Waals surface area contributed by atoms with Crippen molar-refractivity contribution in [3.8, 4) is 5.75 Å². The van der Waals surface area contributed by atoms with Crippen LogP contribution in [-0.4, -0.2) is 50.7 Å². The lowest BCUT2D eigenvalue weighted by Crippen LogP contribution is -2.46. The van der Waals surface area contributed by atoms with E-state index in [9.17, 15) is 9.59 Å². The molecule has 9 heteroatoms. The van der Waals surface area contributed by atoms with Crippen molar-refractivity contribution < 1.29 is 14.3 Å². The van der Waals surface area contributed by atoms with Crippen molar-refractivity contribution >= 4 is 11.8 Å². The van der Waals surface area contributed by atoms with Crippen LogP contribution in [0.3, 0.4) is 0 Å². The van der Waals surface area contributed by atoms with E-state index >= 15 is 0 Å². The first-order valence-electron chi connectivity index (χ1n) is 9.57. The van der Waals surface area contributed by atoms with Crippen LogP contribution in [0.1, 0.15) is 37.7 Å². The number of benzene rings is 1. The average Bonchev–Trinajstić information content (AvgIpc) is 3.20. The second kappa shape index (κ2) is 9.82. The molecule has 1 aliphatic rings. The van der Waals surface area contributed by atoms with Gasteiger partial charge < -0.3 is 15.4 Å². The molecule has 0 bridgehead atoms. The number of hydrogen-bond donors (Lipinski definition) is 2. The lowest BCUT2D eigenvalue weighted by molar-refractivity contribution is -0.124. The van der Waals surface area contributed by atoms with Gasteiger partial charge in [-0.25, -0.2) is 4.68 Å². The zero-order valence-electron chi connectivity index (χ0n) is 16.0. The highest BCUT2D eigenvalue weighted by molar-refractivity contribution is 5.78. The summed E-state index contributed by atoms with van der Waals surface area (Å²) in [6, 6.07) is 7.71. The Kier molecular flexibility index (Phi) is 6.94. The smallest absolute Gasteiger partial charge is 0.258 e. The van der Waals surface area contributed by atoms with Gasteiger partial charge in [-0.1, -0.05) is 17.7 Å². The lowest BCUT2D eigenvalue weighted by Gasteiger charge is -2.30. The molecule has 2 N–H and O–H groups in total. The van der Waals surface area contributed by atoms with Crippen LogP contribution < -0.4 is 15.4 Å². The van der Waals surface area contributed by atoms with E-state index < -0.39 is 0 Å². The van der Waals surface area contributed by atoms with Gasteiger partial charge in [0.05, 0.1) is 6.54 Å². The van der Waals surface area contributed by atoms with Gasteiger partial charge in [0.2, 0.25) is 5.91 Å². The fourth-order valence-electron chi connectivity index (χ4n) is 3.30. The standard InChI is InChI=1S/C19H26N6O3/c1-14-5-7-17(8-6-14)28-12-19(27)22-16-4-2-3-15(11-16)21-18(26)9-10-25-13-20-23-24-25/h5-8,13,15-16H,2-4,9-12H2,1H3,(H,21,26)(H,22,27)/t15-,16-/m1/s1. The zero-order valence-corrected chi connectivity index (χ0v) is 16.0. The second-order valence-electron chi connectivity index (χ2n) is 7.12. The molecule has 0 unspecified atom stereocenters. The van der Waals surface area contributed by atoms with Crippen LogP contribution in [0.4, 0.5) is 0 Å². The highest BCUT2D eigenvalue weighted by Crippen LogP contribution is 2.19. The fourth-order valence-corrected chi connectivity index (χ4v) is 3.30. The fraction of sp³-hybridized carbons (Fsp3) is 0.526. The molecule has 2 aromatic rings. The van der Waals surface area contributed by atoms with Crippen LogP contribution >= 0.6 is 0 Å². The predicted octanol–water partition coefficient (Wildman–Crippen LogP) is 0.994. The van der Waals surface area contributed by atoms with Crippen molar-refractivity contribution in [2.45, 2.75) is 57.7 Å². The van der Waals surface area contributed by atoms with Crippen LogP contribution in [0, 0.1) is 6.92 Å². The Morgan fingerprint density at radius 2 is 1.86 bits per heavy atom. The molecule has 1 fully saturated rings. The van der Waals surface area contributed by atoms with Crippen molar-refractivity contribution in [1.29, 1.82) is 0 Å². The summed E-state index contributed by atoms with van der Waals surface area (Å²) < 4.78 is 7.05. The molecule has 1 aliphatic carbocycles. The largest absolute Gasteiger partial charge is 0.484 e. The van der Waals surface area contributed by atoms with Crippen LogP contribution in [0.15, 0.2) is 30.6 Å². The molecule has 1 aromatic carbocycles. The maximum atomic E-state index is 12.2. The molecule has 28 heavy (non-hydrogen) atoms. The van der Waals surface area contributed by atoms with Gasteiger partial charge in [-0.2, -0.15) is 0 Å².